The number of rotatable bonds is 4. The summed E-state index contributed by atoms with van der Waals surface area (Å²) in [7, 11) is 0. The summed E-state index contributed by atoms with van der Waals surface area (Å²) in [6, 6.07) is 4.41. The summed E-state index contributed by atoms with van der Waals surface area (Å²) in [6.07, 6.45) is 2.02. The Hall–Kier alpha value is -0.860. The van der Waals surface area contributed by atoms with E-state index in [2.05, 4.69) is 6.58 Å². The molecule has 0 aliphatic heterocycles. The Labute approximate surface area is 94.2 Å². The van der Waals surface area contributed by atoms with E-state index in [1.165, 1.54) is 12.1 Å². The number of hydrogen-bond acceptors (Lipinski definition) is 1. The van der Waals surface area contributed by atoms with Crippen molar-refractivity contribution in [3.63, 3.8) is 0 Å². The molecule has 0 heterocycles. The van der Waals surface area contributed by atoms with E-state index in [1.807, 2.05) is 6.92 Å². The van der Waals surface area contributed by atoms with E-state index >= 15 is 0 Å². The fourth-order valence-electron chi connectivity index (χ4n) is 1.31. The highest BCUT2D eigenvalue weighted by Gasteiger charge is 2.21. The van der Waals surface area contributed by atoms with Crippen molar-refractivity contribution in [2.75, 3.05) is 6.61 Å². The molecule has 0 aromatic heterocycles. The lowest BCUT2D eigenvalue weighted by atomic mass is 9.84. The molecule has 0 saturated carbocycles. The Balaban J connectivity index is 2.97. The summed E-state index contributed by atoms with van der Waals surface area (Å²) in [5.41, 5.74) is -0.00938. The van der Waals surface area contributed by atoms with Gasteiger partial charge in [0.05, 0.1) is 6.61 Å². The van der Waals surface area contributed by atoms with Crippen molar-refractivity contribution in [3.8, 4) is 0 Å². The molecule has 1 atom stereocenters. The maximum atomic E-state index is 13.4. The van der Waals surface area contributed by atoms with Crippen LogP contribution in [-0.2, 0) is 6.42 Å². The second kappa shape index (κ2) is 4.77. The zero-order valence-corrected chi connectivity index (χ0v) is 9.39. The molecule has 0 amide bonds. The number of halogens is 2. The Kier molecular flexibility index (Phi) is 3.89. The SMILES string of the molecule is C=CC(C)(CO)Cc1cc(Cl)ccc1F. The standard InChI is InChI=1S/C12H14ClFO/c1-3-12(2,8-15)7-9-6-10(13)4-5-11(9)14/h3-6,15H,1,7-8H2,2H3. The van der Waals surface area contributed by atoms with Gasteiger partial charge in [0.15, 0.2) is 0 Å². The molecule has 0 bridgehead atoms. The Morgan fingerprint density at radius 1 is 1.60 bits per heavy atom. The molecule has 1 aromatic carbocycles. The van der Waals surface area contributed by atoms with E-state index in [-0.39, 0.29) is 12.4 Å². The van der Waals surface area contributed by atoms with Gasteiger partial charge in [0, 0.05) is 10.4 Å². The average molecular weight is 229 g/mol. The van der Waals surface area contributed by atoms with Crippen molar-refractivity contribution < 1.29 is 9.50 Å². The van der Waals surface area contributed by atoms with Crippen LogP contribution in [0.2, 0.25) is 5.02 Å². The number of aliphatic hydroxyl groups is 1. The normalized spacial score (nSPS) is 14.7. The predicted molar refractivity (Wildman–Crippen MR) is 60.5 cm³/mol. The zero-order chi connectivity index (χ0) is 11.5. The van der Waals surface area contributed by atoms with Gasteiger partial charge in [-0.3, -0.25) is 0 Å². The minimum Gasteiger partial charge on any atom is -0.395 e. The lowest BCUT2D eigenvalue weighted by Gasteiger charge is -2.23. The summed E-state index contributed by atoms with van der Waals surface area (Å²) in [5, 5.41) is 9.68. The molecule has 1 rings (SSSR count). The van der Waals surface area contributed by atoms with Gasteiger partial charge in [-0.05, 0) is 30.2 Å². The molecule has 0 radical (unpaired) electrons. The van der Waals surface area contributed by atoms with Crippen molar-refractivity contribution in [2.24, 2.45) is 5.41 Å². The third kappa shape index (κ3) is 3.05. The summed E-state index contributed by atoms with van der Waals surface area (Å²) >= 11 is 5.78. The molecule has 82 valence electrons. The first kappa shape index (κ1) is 12.2. The van der Waals surface area contributed by atoms with Gasteiger partial charge in [-0.2, -0.15) is 0 Å². The Bertz CT molecular complexity index is 365. The van der Waals surface area contributed by atoms with Crippen LogP contribution in [0.15, 0.2) is 30.9 Å². The van der Waals surface area contributed by atoms with Gasteiger partial charge in [0.1, 0.15) is 5.82 Å². The molecule has 0 fully saturated rings. The quantitative estimate of drug-likeness (QED) is 0.785. The molecule has 1 nitrogen and oxygen atoms in total. The first-order chi connectivity index (χ1) is 7.00. The minimum atomic E-state index is -0.508. The van der Waals surface area contributed by atoms with E-state index in [1.54, 1.807) is 12.1 Å². The van der Waals surface area contributed by atoms with Crippen LogP contribution in [0.25, 0.3) is 0 Å². The molecule has 0 saturated heterocycles. The predicted octanol–water partition coefficient (Wildman–Crippen LogP) is 3.21. The Morgan fingerprint density at radius 3 is 2.80 bits per heavy atom. The molecule has 1 N–H and O–H groups in total. The van der Waals surface area contributed by atoms with Gasteiger partial charge in [0.2, 0.25) is 0 Å². The lowest BCUT2D eigenvalue weighted by molar-refractivity contribution is 0.183. The Morgan fingerprint density at radius 2 is 2.27 bits per heavy atom. The van der Waals surface area contributed by atoms with Gasteiger partial charge < -0.3 is 5.11 Å². The van der Waals surface area contributed by atoms with Crippen molar-refractivity contribution in [1.82, 2.24) is 0 Å². The van der Waals surface area contributed by atoms with Crippen LogP contribution < -0.4 is 0 Å². The lowest BCUT2D eigenvalue weighted by Crippen LogP contribution is -2.21. The van der Waals surface area contributed by atoms with Gasteiger partial charge in [-0.25, -0.2) is 4.39 Å². The van der Waals surface area contributed by atoms with Crippen LogP contribution in [0.4, 0.5) is 4.39 Å². The second-order valence-electron chi connectivity index (χ2n) is 3.93. The smallest absolute Gasteiger partial charge is 0.126 e. The highest BCUT2D eigenvalue weighted by molar-refractivity contribution is 6.30. The molecular formula is C12H14ClFO. The van der Waals surface area contributed by atoms with E-state index in [0.717, 1.165) is 0 Å². The van der Waals surface area contributed by atoms with E-state index in [4.69, 9.17) is 11.6 Å². The summed E-state index contributed by atoms with van der Waals surface area (Å²) in [6.45, 7) is 5.39. The van der Waals surface area contributed by atoms with Crippen molar-refractivity contribution in [1.29, 1.82) is 0 Å². The molecule has 15 heavy (non-hydrogen) atoms. The second-order valence-corrected chi connectivity index (χ2v) is 4.37. The van der Waals surface area contributed by atoms with Crippen molar-refractivity contribution >= 4 is 11.6 Å². The monoisotopic (exact) mass is 228 g/mol. The largest absolute Gasteiger partial charge is 0.395 e. The average Bonchev–Trinajstić information content (AvgIpc) is 2.23. The van der Waals surface area contributed by atoms with Gasteiger partial charge in [0.25, 0.3) is 0 Å². The zero-order valence-electron chi connectivity index (χ0n) is 8.63. The highest BCUT2D eigenvalue weighted by Crippen LogP contribution is 2.26. The third-order valence-electron chi connectivity index (χ3n) is 2.46. The molecule has 1 unspecified atom stereocenters. The third-order valence-corrected chi connectivity index (χ3v) is 2.69. The van der Waals surface area contributed by atoms with Crippen molar-refractivity contribution in [2.45, 2.75) is 13.3 Å². The molecular weight excluding hydrogens is 215 g/mol. The molecule has 3 heteroatoms. The van der Waals surface area contributed by atoms with Crippen LogP contribution in [0, 0.1) is 11.2 Å². The van der Waals surface area contributed by atoms with Crippen LogP contribution in [-0.4, -0.2) is 11.7 Å². The van der Waals surface area contributed by atoms with Gasteiger partial charge >= 0.3 is 0 Å². The first-order valence-corrected chi connectivity index (χ1v) is 5.07. The van der Waals surface area contributed by atoms with Crippen LogP contribution in [0.3, 0.4) is 0 Å². The van der Waals surface area contributed by atoms with E-state index < -0.39 is 5.41 Å². The topological polar surface area (TPSA) is 20.2 Å². The first-order valence-electron chi connectivity index (χ1n) is 4.69. The van der Waals surface area contributed by atoms with Crippen LogP contribution in [0.1, 0.15) is 12.5 Å². The maximum absolute atomic E-state index is 13.4. The summed E-state index contributed by atoms with van der Waals surface area (Å²) in [5.74, 6) is -0.305. The molecule has 0 aliphatic rings. The number of hydrogen-bond donors (Lipinski definition) is 1. The fraction of sp³-hybridized carbons (Fsp3) is 0.333. The molecule has 0 spiro atoms. The molecule has 1 aromatic rings. The summed E-state index contributed by atoms with van der Waals surface area (Å²) in [4.78, 5) is 0. The van der Waals surface area contributed by atoms with Crippen LogP contribution in [0.5, 0.6) is 0 Å². The van der Waals surface area contributed by atoms with Crippen molar-refractivity contribution in [3.05, 3.63) is 47.3 Å². The highest BCUT2D eigenvalue weighted by atomic mass is 35.5. The fourth-order valence-corrected chi connectivity index (χ4v) is 1.50. The van der Waals surface area contributed by atoms with Gasteiger partial charge in [-0.1, -0.05) is 24.6 Å². The van der Waals surface area contributed by atoms with E-state index in [0.29, 0.717) is 17.0 Å². The summed E-state index contributed by atoms with van der Waals surface area (Å²) < 4.78 is 13.4. The maximum Gasteiger partial charge on any atom is 0.126 e. The number of aliphatic hydroxyl groups excluding tert-OH is 1. The minimum absolute atomic E-state index is 0.0670. The number of benzene rings is 1. The van der Waals surface area contributed by atoms with Crippen LogP contribution >= 0.6 is 11.6 Å². The molecule has 0 aliphatic carbocycles. The van der Waals surface area contributed by atoms with E-state index in [9.17, 15) is 9.50 Å². The van der Waals surface area contributed by atoms with Gasteiger partial charge in [-0.15, -0.1) is 6.58 Å².